The molecular formula is C15H19Cl2NO. The minimum Gasteiger partial charge on any atom is -0.338 e. The molecule has 0 bridgehead atoms. The van der Waals surface area contributed by atoms with Gasteiger partial charge in [0.15, 0.2) is 0 Å². The van der Waals surface area contributed by atoms with Crippen LogP contribution in [0, 0.1) is 0 Å². The number of benzene rings is 1. The molecule has 1 aromatic rings. The van der Waals surface area contributed by atoms with Crippen LogP contribution in [0.15, 0.2) is 24.3 Å². The lowest BCUT2D eigenvalue weighted by Gasteiger charge is -2.28. The highest BCUT2D eigenvalue weighted by molar-refractivity contribution is 6.30. The Morgan fingerprint density at radius 2 is 1.84 bits per heavy atom. The fourth-order valence-corrected chi connectivity index (χ4v) is 3.00. The third-order valence-corrected chi connectivity index (χ3v) is 4.10. The average molecular weight is 300 g/mol. The maximum absolute atomic E-state index is 12.4. The van der Waals surface area contributed by atoms with E-state index in [9.17, 15) is 4.79 Å². The summed E-state index contributed by atoms with van der Waals surface area (Å²) in [6.45, 7) is 0.651. The predicted molar refractivity (Wildman–Crippen MR) is 79.8 cm³/mol. The second-order valence-electron chi connectivity index (χ2n) is 5.02. The van der Waals surface area contributed by atoms with Gasteiger partial charge in [-0.3, -0.25) is 4.79 Å². The van der Waals surface area contributed by atoms with E-state index in [-0.39, 0.29) is 5.91 Å². The number of amides is 1. The standard InChI is InChI=1S/C15H19Cl2NO/c16-9-10-18(14-3-1-2-4-14)15(19)11-12-5-7-13(17)8-6-12/h5-8,14H,1-4,9-11H2. The molecule has 1 fully saturated rings. The summed E-state index contributed by atoms with van der Waals surface area (Å²) in [5.74, 6) is 0.679. The van der Waals surface area contributed by atoms with E-state index >= 15 is 0 Å². The summed E-state index contributed by atoms with van der Waals surface area (Å²) in [4.78, 5) is 14.4. The van der Waals surface area contributed by atoms with Crippen LogP contribution < -0.4 is 0 Å². The molecule has 104 valence electrons. The van der Waals surface area contributed by atoms with Gasteiger partial charge < -0.3 is 4.90 Å². The van der Waals surface area contributed by atoms with Gasteiger partial charge >= 0.3 is 0 Å². The Balaban J connectivity index is 2.00. The third kappa shape index (κ3) is 4.12. The van der Waals surface area contributed by atoms with Crippen molar-refractivity contribution in [3.63, 3.8) is 0 Å². The van der Waals surface area contributed by atoms with Crippen LogP contribution in [0.2, 0.25) is 5.02 Å². The number of alkyl halides is 1. The molecule has 0 heterocycles. The van der Waals surface area contributed by atoms with Crippen LogP contribution in [0.4, 0.5) is 0 Å². The Kier molecular flexibility index (Phi) is 5.53. The predicted octanol–water partition coefficient (Wildman–Crippen LogP) is 3.89. The molecular weight excluding hydrogens is 281 g/mol. The molecule has 0 aliphatic heterocycles. The Morgan fingerprint density at radius 1 is 1.21 bits per heavy atom. The van der Waals surface area contributed by atoms with Crippen LogP contribution in [0.25, 0.3) is 0 Å². The van der Waals surface area contributed by atoms with Crippen molar-refractivity contribution in [2.24, 2.45) is 0 Å². The average Bonchev–Trinajstić information content (AvgIpc) is 2.92. The normalized spacial score (nSPS) is 15.7. The summed E-state index contributed by atoms with van der Waals surface area (Å²) >= 11 is 11.7. The molecule has 2 nitrogen and oxygen atoms in total. The first-order valence-electron chi connectivity index (χ1n) is 6.80. The van der Waals surface area contributed by atoms with E-state index in [0.29, 0.717) is 29.9 Å². The molecule has 0 spiro atoms. The Labute approximate surface area is 124 Å². The first kappa shape index (κ1) is 14.7. The van der Waals surface area contributed by atoms with Crippen molar-refractivity contribution in [2.45, 2.75) is 38.1 Å². The van der Waals surface area contributed by atoms with E-state index in [1.165, 1.54) is 12.8 Å². The van der Waals surface area contributed by atoms with Crippen LogP contribution in [0.3, 0.4) is 0 Å². The Hall–Kier alpha value is -0.730. The number of carbonyl (C=O) groups is 1. The number of hydrogen-bond donors (Lipinski definition) is 0. The lowest BCUT2D eigenvalue weighted by atomic mass is 10.1. The Bertz CT molecular complexity index is 413. The monoisotopic (exact) mass is 299 g/mol. The summed E-state index contributed by atoms with van der Waals surface area (Å²) < 4.78 is 0. The minimum atomic E-state index is 0.176. The quantitative estimate of drug-likeness (QED) is 0.755. The molecule has 0 unspecified atom stereocenters. The van der Waals surface area contributed by atoms with Gasteiger partial charge in [-0.2, -0.15) is 0 Å². The number of carbonyl (C=O) groups excluding carboxylic acids is 1. The van der Waals surface area contributed by atoms with Gasteiger partial charge in [-0.15, -0.1) is 11.6 Å². The summed E-state index contributed by atoms with van der Waals surface area (Å²) in [5, 5.41) is 0.699. The number of rotatable bonds is 5. The molecule has 0 radical (unpaired) electrons. The van der Waals surface area contributed by atoms with Gasteiger partial charge in [0, 0.05) is 23.5 Å². The molecule has 0 atom stereocenters. The van der Waals surface area contributed by atoms with Gasteiger partial charge in [0.1, 0.15) is 0 Å². The number of halogens is 2. The van der Waals surface area contributed by atoms with Crippen molar-refractivity contribution < 1.29 is 4.79 Å². The summed E-state index contributed by atoms with van der Waals surface area (Å²) in [6.07, 6.45) is 5.10. The second-order valence-corrected chi connectivity index (χ2v) is 5.83. The van der Waals surface area contributed by atoms with Gasteiger partial charge in [0.2, 0.25) is 5.91 Å². The molecule has 1 aliphatic carbocycles. The first-order valence-corrected chi connectivity index (χ1v) is 7.72. The van der Waals surface area contributed by atoms with Crippen LogP contribution in [-0.4, -0.2) is 29.3 Å². The summed E-state index contributed by atoms with van der Waals surface area (Å²) in [7, 11) is 0. The van der Waals surface area contributed by atoms with Gasteiger partial charge in [0.25, 0.3) is 0 Å². The molecule has 0 aromatic heterocycles. The molecule has 1 amide bonds. The van der Waals surface area contributed by atoms with E-state index < -0.39 is 0 Å². The van der Waals surface area contributed by atoms with E-state index in [1.54, 1.807) is 0 Å². The molecule has 1 aliphatic rings. The van der Waals surface area contributed by atoms with Gasteiger partial charge in [-0.1, -0.05) is 36.6 Å². The third-order valence-electron chi connectivity index (χ3n) is 3.68. The van der Waals surface area contributed by atoms with Crippen molar-refractivity contribution in [1.29, 1.82) is 0 Å². The topological polar surface area (TPSA) is 20.3 Å². The first-order chi connectivity index (χ1) is 9.20. The highest BCUT2D eigenvalue weighted by Gasteiger charge is 2.25. The molecule has 0 saturated heterocycles. The zero-order chi connectivity index (χ0) is 13.7. The molecule has 4 heteroatoms. The van der Waals surface area contributed by atoms with E-state index in [2.05, 4.69) is 0 Å². The largest absolute Gasteiger partial charge is 0.338 e. The van der Waals surface area contributed by atoms with E-state index in [0.717, 1.165) is 18.4 Å². The fourth-order valence-electron chi connectivity index (χ4n) is 2.70. The van der Waals surface area contributed by atoms with E-state index in [1.807, 2.05) is 29.2 Å². The Morgan fingerprint density at radius 3 is 2.42 bits per heavy atom. The van der Waals surface area contributed by atoms with Crippen molar-refractivity contribution >= 4 is 29.1 Å². The highest BCUT2D eigenvalue weighted by Crippen LogP contribution is 2.24. The van der Waals surface area contributed by atoms with Crippen LogP contribution in [-0.2, 0) is 11.2 Å². The number of nitrogens with zero attached hydrogens (tertiary/aromatic N) is 1. The van der Waals surface area contributed by atoms with Crippen molar-refractivity contribution in [3.05, 3.63) is 34.9 Å². The highest BCUT2D eigenvalue weighted by atomic mass is 35.5. The second kappa shape index (κ2) is 7.16. The minimum absolute atomic E-state index is 0.176. The maximum Gasteiger partial charge on any atom is 0.227 e. The van der Waals surface area contributed by atoms with Gasteiger partial charge in [-0.25, -0.2) is 0 Å². The van der Waals surface area contributed by atoms with Crippen LogP contribution >= 0.6 is 23.2 Å². The smallest absolute Gasteiger partial charge is 0.227 e. The van der Waals surface area contributed by atoms with Gasteiger partial charge in [0.05, 0.1) is 6.42 Å². The molecule has 19 heavy (non-hydrogen) atoms. The van der Waals surface area contributed by atoms with Crippen LogP contribution in [0.5, 0.6) is 0 Å². The SMILES string of the molecule is O=C(Cc1ccc(Cl)cc1)N(CCCl)C1CCCC1. The fraction of sp³-hybridized carbons (Fsp3) is 0.533. The van der Waals surface area contributed by atoms with Crippen molar-refractivity contribution in [1.82, 2.24) is 4.90 Å². The molecule has 1 aromatic carbocycles. The summed E-state index contributed by atoms with van der Waals surface area (Å²) in [5.41, 5.74) is 1.01. The zero-order valence-electron chi connectivity index (χ0n) is 10.9. The van der Waals surface area contributed by atoms with Gasteiger partial charge in [-0.05, 0) is 30.5 Å². The molecule has 2 rings (SSSR count). The maximum atomic E-state index is 12.4. The lowest BCUT2D eigenvalue weighted by Crippen LogP contribution is -2.41. The van der Waals surface area contributed by atoms with Crippen molar-refractivity contribution in [2.75, 3.05) is 12.4 Å². The molecule has 1 saturated carbocycles. The lowest BCUT2D eigenvalue weighted by molar-refractivity contribution is -0.132. The number of hydrogen-bond acceptors (Lipinski definition) is 1. The van der Waals surface area contributed by atoms with E-state index in [4.69, 9.17) is 23.2 Å². The zero-order valence-corrected chi connectivity index (χ0v) is 12.5. The summed E-state index contributed by atoms with van der Waals surface area (Å²) in [6, 6.07) is 7.86. The van der Waals surface area contributed by atoms with Crippen LogP contribution in [0.1, 0.15) is 31.2 Å². The molecule has 0 N–H and O–H groups in total. The van der Waals surface area contributed by atoms with Crippen molar-refractivity contribution in [3.8, 4) is 0 Å².